The van der Waals surface area contributed by atoms with E-state index >= 15 is 0 Å². The highest BCUT2D eigenvalue weighted by Crippen LogP contribution is 2.38. The molecule has 0 bridgehead atoms. The van der Waals surface area contributed by atoms with Gasteiger partial charge in [-0.25, -0.2) is 4.98 Å². The molecule has 0 amide bonds. The van der Waals surface area contributed by atoms with E-state index in [1.807, 2.05) is 49.3 Å². The summed E-state index contributed by atoms with van der Waals surface area (Å²) in [7, 11) is 3.90. The number of aromatic nitrogens is 1. The molecule has 0 aliphatic rings. The Morgan fingerprint density at radius 2 is 1.74 bits per heavy atom. The zero-order valence-corrected chi connectivity index (χ0v) is 18.7. The number of carbonyl (C=O) groups is 1. The Morgan fingerprint density at radius 1 is 1.03 bits per heavy atom. The number of benzene rings is 2. The molecule has 0 aliphatic heterocycles. The van der Waals surface area contributed by atoms with Crippen molar-refractivity contribution in [2.75, 3.05) is 27.2 Å². The Balaban J connectivity index is 1.85. The highest BCUT2D eigenvalue weighted by Gasteiger charge is 2.16. The van der Waals surface area contributed by atoms with E-state index < -0.39 is 0 Å². The molecule has 1 aromatic heterocycles. The van der Waals surface area contributed by atoms with E-state index in [2.05, 4.69) is 4.98 Å². The van der Waals surface area contributed by atoms with E-state index in [1.54, 1.807) is 36.5 Å². The van der Waals surface area contributed by atoms with Gasteiger partial charge in [-0.05, 0) is 37.9 Å². The van der Waals surface area contributed by atoms with Crippen LogP contribution in [0.4, 0.5) is 0 Å². The summed E-state index contributed by atoms with van der Waals surface area (Å²) in [5.74, 6) is 0.663. The molecule has 0 atom stereocenters. The van der Waals surface area contributed by atoms with Crippen LogP contribution in [0.25, 0.3) is 6.08 Å². The van der Waals surface area contributed by atoms with Crippen molar-refractivity contribution in [3.8, 4) is 17.4 Å². The number of halogens is 2. The third-order valence-corrected chi connectivity index (χ3v) is 4.97. The summed E-state index contributed by atoms with van der Waals surface area (Å²) in [4.78, 5) is 19.0. The summed E-state index contributed by atoms with van der Waals surface area (Å²) < 4.78 is 11.8. The molecule has 2 aromatic carbocycles. The van der Waals surface area contributed by atoms with E-state index in [9.17, 15) is 4.79 Å². The summed E-state index contributed by atoms with van der Waals surface area (Å²) in [5.41, 5.74) is 1.24. The van der Waals surface area contributed by atoms with E-state index in [0.717, 1.165) is 5.56 Å². The maximum Gasteiger partial charge on any atom is 0.230 e. The lowest BCUT2D eigenvalue weighted by Crippen LogP contribution is -2.19. The highest BCUT2D eigenvalue weighted by atomic mass is 35.5. The third-order valence-electron chi connectivity index (χ3n) is 4.25. The first-order valence-corrected chi connectivity index (χ1v) is 10.4. The SMILES string of the molecule is CN(C)CCOc1cc(Cl)c(Cl)cc1Oc1ncccc1C(=O)/C=C/c1ccccc1. The lowest BCUT2D eigenvalue weighted by molar-refractivity contribution is 0.104. The zero-order chi connectivity index (χ0) is 22.2. The molecule has 0 spiro atoms. The third kappa shape index (κ3) is 6.56. The van der Waals surface area contributed by atoms with Gasteiger partial charge in [0.05, 0.1) is 15.6 Å². The number of pyridine rings is 1. The van der Waals surface area contributed by atoms with Gasteiger partial charge in [0.2, 0.25) is 5.88 Å². The van der Waals surface area contributed by atoms with Gasteiger partial charge in [0, 0.05) is 24.9 Å². The second kappa shape index (κ2) is 11.0. The molecule has 0 saturated carbocycles. The molecule has 160 valence electrons. The largest absolute Gasteiger partial charge is 0.488 e. The zero-order valence-electron chi connectivity index (χ0n) is 17.2. The van der Waals surface area contributed by atoms with Crippen LogP contribution in [0, 0.1) is 0 Å². The van der Waals surface area contributed by atoms with Gasteiger partial charge in [0.15, 0.2) is 17.3 Å². The van der Waals surface area contributed by atoms with E-state index in [4.69, 9.17) is 32.7 Å². The molecule has 0 radical (unpaired) electrons. The monoisotopic (exact) mass is 456 g/mol. The van der Waals surface area contributed by atoms with Gasteiger partial charge in [-0.1, -0.05) is 59.6 Å². The molecule has 1 heterocycles. The first-order valence-electron chi connectivity index (χ1n) is 9.61. The van der Waals surface area contributed by atoms with Crippen LogP contribution in [0.15, 0.2) is 66.9 Å². The summed E-state index contributed by atoms with van der Waals surface area (Å²) in [6, 6.07) is 16.0. The quantitative estimate of drug-likeness (QED) is 0.291. The van der Waals surface area contributed by atoms with Crippen LogP contribution in [0.3, 0.4) is 0 Å². The van der Waals surface area contributed by atoms with Crippen molar-refractivity contribution in [3.63, 3.8) is 0 Å². The molecular formula is C24H22Cl2N2O3. The van der Waals surface area contributed by atoms with Crippen LogP contribution in [0.1, 0.15) is 15.9 Å². The number of carbonyl (C=O) groups excluding carboxylic acids is 1. The Kier molecular flexibility index (Phi) is 8.06. The van der Waals surface area contributed by atoms with Gasteiger partial charge in [-0.2, -0.15) is 0 Å². The normalized spacial score (nSPS) is 11.1. The van der Waals surface area contributed by atoms with Gasteiger partial charge in [0.1, 0.15) is 6.61 Å². The Labute approximate surface area is 191 Å². The van der Waals surface area contributed by atoms with Crippen molar-refractivity contribution in [3.05, 3.63) is 88.0 Å². The minimum atomic E-state index is -0.234. The van der Waals surface area contributed by atoms with E-state index in [0.29, 0.717) is 40.3 Å². The summed E-state index contributed by atoms with van der Waals surface area (Å²) in [5, 5.41) is 0.654. The number of likely N-dealkylation sites (N-methyl/N-ethyl adjacent to an activating group) is 1. The van der Waals surface area contributed by atoms with Gasteiger partial charge >= 0.3 is 0 Å². The maximum atomic E-state index is 12.8. The molecule has 0 fully saturated rings. The lowest BCUT2D eigenvalue weighted by Gasteiger charge is -2.16. The minimum Gasteiger partial charge on any atom is -0.488 e. The molecule has 3 rings (SSSR count). The molecule has 0 unspecified atom stereocenters. The van der Waals surface area contributed by atoms with Crippen LogP contribution in [0.2, 0.25) is 10.0 Å². The predicted molar refractivity (Wildman–Crippen MR) is 125 cm³/mol. The Morgan fingerprint density at radius 3 is 2.45 bits per heavy atom. The van der Waals surface area contributed by atoms with Gasteiger partial charge < -0.3 is 14.4 Å². The Hall–Kier alpha value is -2.86. The fourth-order valence-corrected chi connectivity index (χ4v) is 2.94. The average Bonchev–Trinajstić information content (AvgIpc) is 2.76. The van der Waals surface area contributed by atoms with E-state index in [1.165, 1.54) is 6.08 Å². The number of ketones is 1. The molecule has 0 N–H and O–H groups in total. The van der Waals surface area contributed by atoms with Gasteiger partial charge in [-0.3, -0.25) is 4.79 Å². The second-order valence-corrected chi connectivity index (χ2v) is 7.75. The van der Waals surface area contributed by atoms with Crippen LogP contribution < -0.4 is 9.47 Å². The fourth-order valence-electron chi connectivity index (χ4n) is 2.63. The fraction of sp³-hybridized carbons (Fsp3) is 0.167. The molecule has 0 saturated heterocycles. The van der Waals surface area contributed by atoms with Crippen LogP contribution in [-0.4, -0.2) is 42.9 Å². The maximum absolute atomic E-state index is 12.8. The van der Waals surface area contributed by atoms with Crippen molar-refractivity contribution in [1.29, 1.82) is 0 Å². The molecule has 5 nitrogen and oxygen atoms in total. The number of nitrogens with zero attached hydrogens (tertiary/aromatic N) is 2. The number of ether oxygens (including phenoxy) is 2. The number of hydrogen-bond donors (Lipinski definition) is 0. The minimum absolute atomic E-state index is 0.154. The first-order chi connectivity index (χ1) is 14.9. The predicted octanol–water partition coefficient (Wildman–Crippen LogP) is 6.02. The Bertz CT molecular complexity index is 1070. The number of hydrogen-bond acceptors (Lipinski definition) is 5. The van der Waals surface area contributed by atoms with E-state index in [-0.39, 0.29) is 11.7 Å². The number of rotatable bonds is 9. The lowest BCUT2D eigenvalue weighted by atomic mass is 10.1. The van der Waals surface area contributed by atoms with Crippen molar-refractivity contribution in [1.82, 2.24) is 9.88 Å². The van der Waals surface area contributed by atoms with Crippen molar-refractivity contribution in [2.24, 2.45) is 0 Å². The van der Waals surface area contributed by atoms with Crippen LogP contribution in [-0.2, 0) is 0 Å². The summed E-state index contributed by atoms with van der Waals surface area (Å²) in [6.07, 6.45) is 4.79. The van der Waals surface area contributed by atoms with Gasteiger partial charge in [-0.15, -0.1) is 0 Å². The molecule has 0 aliphatic carbocycles. The smallest absolute Gasteiger partial charge is 0.230 e. The average molecular weight is 457 g/mol. The number of allylic oxidation sites excluding steroid dienone is 1. The molecule has 7 heteroatoms. The standard InChI is InChI=1S/C24H22Cl2N2O3/c1-28(2)13-14-30-22-15-19(25)20(26)16-23(22)31-24-18(9-6-12-27-24)21(29)11-10-17-7-4-3-5-8-17/h3-12,15-16H,13-14H2,1-2H3/b11-10+. The summed E-state index contributed by atoms with van der Waals surface area (Å²) >= 11 is 12.3. The molecule has 31 heavy (non-hydrogen) atoms. The molecular weight excluding hydrogens is 435 g/mol. The molecule has 3 aromatic rings. The topological polar surface area (TPSA) is 51.7 Å². The highest BCUT2D eigenvalue weighted by molar-refractivity contribution is 6.42. The van der Waals surface area contributed by atoms with Crippen molar-refractivity contribution in [2.45, 2.75) is 0 Å². The van der Waals surface area contributed by atoms with Crippen LogP contribution >= 0.6 is 23.2 Å². The van der Waals surface area contributed by atoms with Crippen molar-refractivity contribution < 1.29 is 14.3 Å². The first kappa shape index (κ1) is 22.8. The van der Waals surface area contributed by atoms with Gasteiger partial charge in [0.25, 0.3) is 0 Å². The second-order valence-electron chi connectivity index (χ2n) is 6.93. The summed E-state index contributed by atoms with van der Waals surface area (Å²) in [6.45, 7) is 1.13. The van der Waals surface area contributed by atoms with Crippen LogP contribution in [0.5, 0.6) is 17.4 Å². The van der Waals surface area contributed by atoms with Crippen molar-refractivity contribution >= 4 is 35.1 Å².